The molecule has 0 saturated heterocycles. The number of carboxylic acids is 1. The third-order valence-corrected chi connectivity index (χ3v) is 2.48. The topological polar surface area (TPSA) is 89.9 Å². The van der Waals surface area contributed by atoms with Crippen molar-refractivity contribution in [2.75, 3.05) is 18.1 Å². The number of rotatable bonds is 5. The van der Waals surface area contributed by atoms with Crippen LogP contribution in [0.1, 0.15) is 6.92 Å². The molecule has 1 unspecified atom stereocenters. The molecule has 0 heterocycles. The maximum Gasteiger partial charge on any atom is 0.328 e. The fourth-order valence-corrected chi connectivity index (χ4v) is 1.48. The quantitative estimate of drug-likeness (QED) is 0.738. The van der Waals surface area contributed by atoms with Gasteiger partial charge in [-0.05, 0) is 31.2 Å². The van der Waals surface area contributed by atoms with E-state index in [9.17, 15) is 14.0 Å². The first-order chi connectivity index (χ1) is 8.99. The summed E-state index contributed by atoms with van der Waals surface area (Å²) in [6.45, 7) is 1.26. The lowest BCUT2D eigenvalue weighted by Crippen LogP contribution is -2.49. The Morgan fingerprint density at radius 2 is 1.95 bits per heavy atom. The number of urea groups is 1. The minimum atomic E-state index is -1.37. The molecule has 0 radical (unpaired) electrons. The van der Waals surface area contributed by atoms with Gasteiger partial charge in [0.2, 0.25) is 0 Å². The van der Waals surface area contributed by atoms with E-state index in [0.717, 1.165) is 0 Å². The van der Waals surface area contributed by atoms with Crippen molar-refractivity contribution in [1.82, 2.24) is 5.32 Å². The lowest BCUT2D eigenvalue weighted by Gasteiger charge is -2.23. The van der Waals surface area contributed by atoms with Gasteiger partial charge < -0.3 is 15.5 Å². The highest BCUT2D eigenvalue weighted by molar-refractivity contribution is 5.94. The van der Waals surface area contributed by atoms with Crippen LogP contribution in [0, 0.1) is 5.82 Å². The third-order valence-electron chi connectivity index (χ3n) is 2.48. The molecule has 1 atom stereocenters. The summed E-state index contributed by atoms with van der Waals surface area (Å²) in [5, 5.41) is 19.8. The number of aliphatic hydroxyl groups is 1. The minimum absolute atomic E-state index is 0.273. The number of hydrogen-bond acceptors (Lipinski definition) is 3. The van der Waals surface area contributed by atoms with E-state index in [1.165, 1.54) is 29.2 Å². The molecule has 7 heteroatoms. The standard InChI is InChI=1S/C12H15FN2O4/c1-2-15(9-5-3-8(13)4-6-9)12(19)14-10(7-16)11(17)18/h3-6,10,16H,2,7H2,1H3,(H,14,19)(H,17,18). The predicted molar refractivity (Wildman–Crippen MR) is 66.5 cm³/mol. The van der Waals surface area contributed by atoms with Crippen molar-refractivity contribution in [3.05, 3.63) is 30.1 Å². The van der Waals surface area contributed by atoms with Crippen molar-refractivity contribution < 1.29 is 24.2 Å². The summed E-state index contributed by atoms with van der Waals surface area (Å²) in [6.07, 6.45) is 0. The van der Waals surface area contributed by atoms with Gasteiger partial charge in [0.15, 0.2) is 6.04 Å². The smallest absolute Gasteiger partial charge is 0.328 e. The fraction of sp³-hybridized carbons (Fsp3) is 0.333. The molecule has 3 N–H and O–H groups in total. The van der Waals surface area contributed by atoms with Crippen molar-refractivity contribution in [2.45, 2.75) is 13.0 Å². The highest BCUT2D eigenvalue weighted by Crippen LogP contribution is 2.14. The molecule has 0 aliphatic heterocycles. The second-order valence-electron chi connectivity index (χ2n) is 3.74. The molecule has 0 fully saturated rings. The highest BCUT2D eigenvalue weighted by atomic mass is 19.1. The van der Waals surface area contributed by atoms with E-state index >= 15 is 0 Å². The molecule has 0 aliphatic rings. The monoisotopic (exact) mass is 270 g/mol. The Hall–Kier alpha value is -2.15. The number of carboxylic acid groups (broad SMARTS) is 1. The largest absolute Gasteiger partial charge is 0.480 e. The van der Waals surface area contributed by atoms with Crippen LogP contribution in [-0.2, 0) is 4.79 Å². The number of amides is 2. The Morgan fingerprint density at radius 3 is 2.37 bits per heavy atom. The number of carbonyl (C=O) groups excluding carboxylic acids is 1. The van der Waals surface area contributed by atoms with Crippen LogP contribution in [0.4, 0.5) is 14.9 Å². The number of nitrogens with one attached hydrogen (secondary N) is 1. The van der Waals surface area contributed by atoms with Crippen LogP contribution in [0.2, 0.25) is 0 Å². The van der Waals surface area contributed by atoms with Gasteiger partial charge in [0.1, 0.15) is 5.82 Å². The van der Waals surface area contributed by atoms with E-state index in [0.29, 0.717) is 5.69 Å². The van der Waals surface area contributed by atoms with Crippen molar-refractivity contribution in [1.29, 1.82) is 0 Å². The lowest BCUT2D eigenvalue weighted by molar-refractivity contribution is -0.140. The second-order valence-corrected chi connectivity index (χ2v) is 3.74. The van der Waals surface area contributed by atoms with Crippen LogP contribution < -0.4 is 10.2 Å². The summed E-state index contributed by atoms with van der Waals surface area (Å²) in [6, 6.07) is 3.18. The van der Waals surface area contributed by atoms with Crippen LogP contribution in [0.5, 0.6) is 0 Å². The molecule has 0 bridgehead atoms. The lowest BCUT2D eigenvalue weighted by atomic mass is 10.3. The van der Waals surface area contributed by atoms with Gasteiger partial charge in [0, 0.05) is 12.2 Å². The number of aliphatic carboxylic acids is 1. The summed E-state index contributed by atoms with van der Waals surface area (Å²) in [4.78, 5) is 23.8. The molecule has 1 aromatic carbocycles. The summed E-state index contributed by atoms with van der Waals surface area (Å²) >= 11 is 0. The first kappa shape index (κ1) is 14.9. The van der Waals surface area contributed by atoms with Gasteiger partial charge >= 0.3 is 12.0 Å². The van der Waals surface area contributed by atoms with Gasteiger partial charge in [-0.3, -0.25) is 4.90 Å². The molecular weight excluding hydrogens is 255 g/mol. The van der Waals surface area contributed by atoms with Gasteiger partial charge in [-0.2, -0.15) is 0 Å². The van der Waals surface area contributed by atoms with Crippen molar-refractivity contribution in [3.63, 3.8) is 0 Å². The molecule has 104 valence electrons. The van der Waals surface area contributed by atoms with E-state index in [2.05, 4.69) is 5.32 Å². The van der Waals surface area contributed by atoms with E-state index in [1.807, 2.05) is 0 Å². The fourth-order valence-electron chi connectivity index (χ4n) is 1.48. The van der Waals surface area contributed by atoms with Crippen molar-refractivity contribution >= 4 is 17.7 Å². The number of anilines is 1. The molecule has 2 amide bonds. The van der Waals surface area contributed by atoms with Crippen LogP contribution in [0.25, 0.3) is 0 Å². The summed E-state index contributed by atoms with van der Waals surface area (Å²) in [7, 11) is 0. The Balaban J connectivity index is 2.82. The number of aliphatic hydroxyl groups excluding tert-OH is 1. The molecular formula is C12H15FN2O4. The average Bonchev–Trinajstić information content (AvgIpc) is 2.38. The summed E-state index contributed by atoms with van der Waals surface area (Å²) in [5.74, 6) is -1.76. The maximum atomic E-state index is 12.8. The maximum absolute atomic E-state index is 12.8. The van der Waals surface area contributed by atoms with Gasteiger partial charge in [-0.25, -0.2) is 14.0 Å². The number of halogens is 1. The molecule has 19 heavy (non-hydrogen) atoms. The molecule has 0 spiro atoms. The van der Waals surface area contributed by atoms with E-state index in [4.69, 9.17) is 10.2 Å². The number of carbonyl (C=O) groups is 2. The molecule has 0 aromatic heterocycles. The zero-order valence-corrected chi connectivity index (χ0v) is 10.3. The SMILES string of the molecule is CCN(C(=O)NC(CO)C(=O)O)c1ccc(F)cc1. The Labute approximate surface area is 109 Å². The number of nitrogens with zero attached hydrogens (tertiary/aromatic N) is 1. The highest BCUT2D eigenvalue weighted by Gasteiger charge is 2.22. The molecule has 1 aromatic rings. The third kappa shape index (κ3) is 3.92. The molecule has 0 aliphatic carbocycles. The van der Waals surface area contributed by atoms with Gasteiger partial charge in [-0.15, -0.1) is 0 Å². The van der Waals surface area contributed by atoms with Crippen molar-refractivity contribution in [3.8, 4) is 0 Å². The number of hydrogen-bond donors (Lipinski definition) is 3. The second kappa shape index (κ2) is 6.69. The zero-order chi connectivity index (χ0) is 14.4. The van der Waals surface area contributed by atoms with Gasteiger partial charge in [0.05, 0.1) is 6.61 Å². The van der Waals surface area contributed by atoms with Gasteiger partial charge in [0.25, 0.3) is 0 Å². The van der Waals surface area contributed by atoms with E-state index in [-0.39, 0.29) is 6.54 Å². The Kier molecular flexibility index (Phi) is 5.25. The van der Waals surface area contributed by atoms with E-state index in [1.54, 1.807) is 6.92 Å². The van der Waals surface area contributed by atoms with Crippen LogP contribution >= 0.6 is 0 Å². The average molecular weight is 270 g/mol. The first-order valence-electron chi connectivity index (χ1n) is 5.66. The zero-order valence-electron chi connectivity index (χ0n) is 10.3. The minimum Gasteiger partial charge on any atom is -0.480 e. The molecule has 6 nitrogen and oxygen atoms in total. The summed E-state index contributed by atoms with van der Waals surface area (Å²) < 4.78 is 12.8. The first-order valence-corrected chi connectivity index (χ1v) is 5.66. The Bertz CT molecular complexity index is 450. The van der Waals surface area contributed by atoms with Crippen LogP contribution in [0.15, 0.2) is 24.3 Å². The van der Waals surface area contributed by atoms with Crippen LogP contribution in [-0.4, -0.2) is 41.4 Å². The number of benzene rings is 1. The normalized spacial score (nSPS) is 11.7. The van der Waals surface area contributed by atoms with Crippen LogP contribution in [0.3, 0.4) is 0 Å². The predicted octanol–water partition coefficient (Wildman–Crippen LogP) is 0.807. The van der Waals surface area contributed by atoms with E-state index < -0.39 is 30.5 Å². The Morgan fingerprint density at radius 1 is 1.37 bits per heavy atom. The molecule has 0 saturated carbocycles. The van der Waals surface area contributed by atoms with Crippen molar-refractivity contribution in [2.24, 2.45) is 0 Å². The summed E-state index contributed by atoms with van der Waals surface area (Å²) in [5.41, 5.74) is 0.434. The molecule has 1 rings (SSSR count). The van der Waals surface area contributed by atoms with Gasteiger partial charge in [-0.1, -0.05) is 0 Å².